The van der Waals surface area contributed by atoms with Gasteiger partial charge in [-0.05, 0) is 24.3 Å². The molecule has 2 aromatic rings. The molecular formula is C13H12ClF3N2O2. The van der Waals surface area contributed by atoms with E-state index in [1.54, 1.807) is 24.3 Å². The average Bonchev–Trinajstić information content (AvgIpc) is 2.95. The van der Waals surface area contributed by atoms with Crippen molar-refractivity contribution in [2.75, 3.05) is 12.5 Å². The van der Waals surface area contributed by atoms with Gasteiger partial charge in [0.25, 0.3) is 0 Å². The number of hydrogen-bond acceptors (Lipinski definition) is 3. The normalized spacial score (nSPS) is 13.2. The van der Waals surface area contributed by atoms with Crippen LogP contribution in [0.2, 0.25) is 0 Å². The highest BCUT2D eigenvalue weighted by molar-refractivity contribution is 6.18. The molecule has 1 atom stereocenters. The van der Waals surface area contributed by atoms with E-state index >= 15 is 0 Å². The molecule has 2 rings (SSSR count). The molecule has 0 saturated carbocycles. The number of rotatable bonds is 5. The standard InChI is InChI=1S/C13H12ClF3N2O2/c14-5-9(20)7-21-10-3-1-8(2-4-10)12-18-6-11(19-12)13(15,16)17/h1-4,6,9,20H,5,7H2,(H,18,19)/t9-/m1/s1. The molecule has 4 nitrogen and oxygen atoms in total. The minimum Gasteiger partial charge on any atom is -0.491 e. The smallest absolute Gasteiger partial charge is 0.432 e. The first kappa shape index (κ1) is 15.7. The molecule has 1 aromatic heterocycles. The van der Waals surface area contributed by atoms with Crippen molar-refractivity contribution in [1.29, 1.82) is 0 Å². The third kappa shape index (κ3) is 4.12. The fourth-order valence-corrected chi connectivity index (χ4v) is 1.65. The number of ether oxygens (including phenoxy) is 1. The number of aliphatic hydroxyl groups excluding tert-OH is 1. The Kier molecular flexibility index (Phi) is 4.74. The summed E-state index contributed by atoms with van der Waals surface area (Å²) in [7, 11) is 0. The van der Waals surface area contributed by atoms with Crippen molar-refractivity contribution < 1.29 is 23.0 Å². The molecule has 0 fully saturated rings. The van der Waals surface area contributed by atoms with Crippen LogP contribution in [0.4, 0.5) is 13.2 Å². The number of H-pyrrole nitrogens is 1. The number of aromatic amines is 1. The number of nitrogens with one attached hydrogen (secondary N) is 1. The fraction of sp³-hybridized carbons (Fsp3) is 0.308. The monoisotopic (exact) mass is 320 g/mol. The lowest BCUT2D eigenvalue weighted by Crippen LogP contribution is -2.18. The summed E-state index contributed by atoms with van der Waals surface area (Å²) in [6, 6.07) is 6.29. The van der Waals surface area contributed by atoms with E-state index in [2.05, 4.69) is 9.97 Å². The Labute approximate surface area is 123 Å². The van der Waals surface area contributed by atoms with Crippen LogP contribution in [0.3, 0.4) is 0 Å². The summed E-state index contributed by atoms with van der Waals surface area (Å²) >= 11 is 5.43. The molecule has 0 aliphatic rings. The second-order valence-corrected chi connectivity index (χ2v) is 4.60. The number of hydrogen-bond donors (Lipinski definition) is 2. The highest BCUT2D eigenvalue weighted by Gasteiger charge is 2.33. The van der Waals surface area contributed by atoms with Crippen LogP contribution in [0.5, 0.6) is 5.75 Å². The molecule has 0 amide bonds. The maximum atomic E-state index is 12.5. The molecule has 114 valence electrons. The van der Waals surface area contributed by atoms with E-state index in [1.807, 2.05) is 0 Å². The Morgan fingerprint density at radius 2 is 1.95 bits per heavy atom. The van der Waals surface area contributed by atoms with Gasteiger partial charge in [0.15, 0.2) is 0 Å². The Morgan fingerprint density at radius 1 is 1.29 bits per heavy atom. The van der Waals surface area contributed by atoms with Crippen molar-refractivity contribution in [3.8, 4) is 17.1 Å². The number of imidazole rings is 1. The molecular weight excluding hydrogens is 309 g/mol. The van der Waals surface area contributed by atoms with Crippen molar-refractivity contribution >= 4 is 11.6 Å². The van der Waals surface area contributed by atoms with Crippen molar-refractivity contribution in [3.63, 3.8) is 0 Å². The van der Waals surface area contributed by atoms with Gasteiger partial charge in [0.05, 0.1) is 12.1 Å². The van der Waals surface area contributed by atoms with Crippen molar-refractivity contribution in [1.82, 2.24) is 9.97 Å². The Hall–Kier alpha value is -1.73. The average molecular weight is 321 g/mol. The van der Waals surface area contributed by atoms with Crippen LogP contribution < -0.4 is 4.74 Å². The van der Waals surface area contributed by atoms with Gasteiger partial charge in [-0.25, -0.2) is 4.98 Å². The highest BCUT2D eigenvalue weighted by atomic mass is 35.5. The van der Waals surface area contributed by atoms with Gasteiger partial charge in [0.2, 0.25) is 0 Å². The van der Waals surface area contributed by atoms with Crippen LogP contribution in [0.15, 0.2) is 30.5 Å². The van der Waals surface area contributed by atoms with Crippen LogP contribution in [0, 0.1) is 0 Å². The first-order chi connectivity index (χ1) is 9.90. The molecule has 0 spiro atoms. The highest BCUT2D eigenvalue weighted by Crippen LogP contribution is 2.29. The summed E-state index contributed by atoms with van der Waals surface area (Å²) in [5.41, 5.74) is -0.404. The van der Waals surface area contributed by atoms with Gasteiger partial charge < -0.3 is 14.8 Å². The molecule has 2 N–H and O–H groups in total. The second-order valence-electron chi connectivity index (χ2n) is 4.29. The van der Waals surface area contributed by atoms with Gasteiger partial charge in [0, 0.05) is 5.56 Å². The predicted octanol–water partition coefficient (Wildman–Crippen LogP) is 3.07. The minimum atomic E-state index is -4.45. The minimum absolute atomic E-state index is 0.0435. The zero-order chi connectivity index (χ0) is 15.5. The quantitative estimate of drug-likeness (QED) is 0.832. The van der Waals surface area contributed by atoms with E-state index in [0.29, 0.717) is 11.3 Å². The van der Waals surface area contributed by atoms with Gasteiger partial charge in [-0.15, -0.1) is 11.6 Å². The van der Waals surface area contributed by atoms with Gasteiger partial charge in [-0.1, -0.05) is 0 Å². The van der Waals surface area contributed by atoms with Crippen LogP contribution in [-0.2, 0) is 6.18 Å². The summed E-state index contributed by atoms with van der Waals surface area (Å²) in [5.74, 6) is 0.658. The summed E-state index contributed by atoms with van der Waals surface area (Å²) in [5, 5.41) is 9.25. The fourth-order valence-electron chi connectivity index (χ4n) is 1.56. The molecule has 0 bridgehead atoms. The third-order valence-corrected chi connectivity index (χ3v) is 2.99. The topological polar surface area (TPSA) is 58.1 Å². The molecule has 0 aliphatic carbocycles. The van der Waals surface area contributed by atoms with E-state index in [-0.39, 0.29) is 18.3 Å². The Balaban J connectivity index is 2.07. The summed E-state index contributed by atoms with van der Waals surface area (Å²) in [4.78, 5) is 5.91. The first-order valence-corrected chi connectivity index (χ1v) is 6.53. The molecule has 1 heterocycles. The number of aromatic nitrogens is 2. The van der Waals surface area contributed by atoms with E-state index < -0.39 is 18.0 Å². The predicted molar refractivity (Wildman–Crippen MR) is 71.2 cm³/mol. The van der Waals surface area contributed by atoms with Gasteiger partial charge >= 0.3 is 6.18 Å². The first-order valence-electron chi connectivity index (χ1n) is 5.99. The number of aliphatic hydroxyl groups is 1. The van der Waals surface area contributed by atoms with Crippen LogP contribution in [0.1, 0.15) is 5.69 Å². The number of nitrogens with zero attached hydrogens (tertiary/aromatic N) is 1. The summed E-state index contributed by atoms with van der Waals surface area (Å²) in [6.45, 7) is 0.0435. The molecule has 0 saturated heterocycles. The van der Waals surface area contributed by atoms with Gasteiger partial charge in [0.1, 0.15) is 30.0 Å². The van der Waals surface area contributed by atoms with Crippen LogP contribution in [-0.4, -0.2) is 33.7 Å². The number of benzene rings is 1. The SMILES string of the molecule is O[C@H](CCl)COc1ccc(-c2ncc(C(F)(F)F)[nH]2)cc1. The number of alkyl halides is 4. The van der Waals surface area contributed by atoms with E-state index in [4.69, 9.17) is 16.3 Å². The van der Waals surface area contributed by atoms with Crippen molar-refractivity contribution in [2.24, 2.45) is 0 Å². The van der Waals surface area contributed by atoms with E-state index in [1.165, 1.54) is 0 Å². The Morgan fingerprint density at radius 3 is 2.48 bits per heavy atom. The maximum absolute atomic E-state index is 12.5. The zero-order valence-corrected chi connectivity index (χ0v) is 11.4. The lowest BCUT2D eigenvalue weighted by Gasteiger charge is -2.09. The Bertz CT molecular complexity index is 584. The van der Waals surface area contributed by atoms with Crippen LogP contribution in [0.25, 0.3) is 11.4 Å². The van der Waals surface area contributed by atoms with Crippen molar-refractivity contribution in [3.05, 3.63) is 36.2 Å². The zero-order valence-electron chi connectivity index (χ0n) is 10.7. The van der Waals surface area contributed by atoms with E-state index in [9.17, 15) is 18.3 Å². The van der Waals surface area contributed by atoms with Crippen molar-refractivity contribution in [2.45, 2.75) is 12.3 Å². The molecule has 8 heteroatoms. The van der Waals surface area contributed by atoms with E-state index in [0.717, 1.165) is 6.20 Å². The largest absolute Gasteiger partial charge is 0.491 e. The molecule has 0 radical (unpaired) electrons. The third-order valence-electron chi connectivity index (χ3n) is 2.63. The number of halogens is 4. The molecule has 1 aromatic carbocycles. The summed E-state index contributed by atoms with van der Waals surface area (Å²) < 4.78 is 42.7. The second kappa shape index (κ2) is 6.36. The maximum Gasteiger partial charge on any atom is 0.432 e. The van der Waals surface area contributed by atoms with Gasteiger partial charge in [-0.3, -0.25) is 0 Å². The molecule has 0 unspecified atom stereocenters. The molecule has 0 aliphatic heterocycles. The molecule has 21 heavy (non-hydrogen) atoms. The lowest BCUT2D eigenvalue weighted by atomic mass is 10.2. The summed E-state index contributed by atoms with van der Waals surface area (Å²) in [6.07, 6.45) is -4.48. The van der Waals surface area contributed by atoms with Crippen LogP contribution >= 0.6 is 11.6 Å². The van der Waals surface area contributed by atoms with Gasteiger partial charge in [-0.2, -0.15) is 13.2 Å². The lowest BCUT2D eigenvalue weighted by molar-refractivity contribution is -0.140.